The fourth-order valence-electron chi connectivity index (χ4n) is 0. The number of hydrogen-bond donors (Lipinski definition) is 0. The molecule has 0 aliphatic rings. The summed E-state index contributed by atoms with van der Waals surface area (Å²) in [5.74, 6) is 0. The first-order chi connectivity index (χ1) is 2.83. The monoisotopic (exact) mass is 182 g/mol. The van der Waals surface area contributed by atoms with Crippen molar-refractivity contribution in [3.63, 3.8) is 0 Å². The molecule has 0 fully saturated rings. The molecule has 0 aromatic carbocycles. The molecular weight excluding hydrogens is 181 g/mol. The van der Waals surface area contributed by atoms with E-state index >= 15 is 0 Å². The van der Waals surface area contributed by atoms with Crippen LogP contribution in [0.2, 0.25) is 0 Å². The molecule has 4 nitrogen and oxygen atoms in total. The molecule has 0 saturated heterocycles. The van der Waals surface area contributed by atoms with E-state index < -0.39 is 29.6 Å². The van der Waals surface area contributed by atoms with Gasteiger partial charge in [-0.2, -0.15) is 0 Å². The third kappa shape index (κ3) is 229. The van der Waals surface area contributed by atoms with Crippen LogP contribution in [-0.4, -0.2) is 18.9 Å². The molecule has 0 radical (unpaired) electrons. The van der Waals surface area contributed by atoms with Gasteiger partial charge in [0.1, 0.15) is 0 Å². The fraction of sp³-hybridized carbons (Fsp3) is 0. The Bertz CT molecular complexity index is 63.7. The van der Waals surface area contributed by atoms with Crippen molar-refractivity contribution in [3.8, 4) is 0 Å². The predicted octanol–water partition coefficient (Wildman–Crippen LogP) is -1.13. The topological polar surface area (TPSA) is 68.3 Å². The molecule has 0 aromatic heterocycles. The van der Waals surface area contributed by atoms with Crippen LogP contribution in [0.5, 0.6) is 0 Å². The molecule has 40 valence electrons. The van der Waals surface area contributed by atoms with Gasteiger partial charge in [0, 0.05) is 0 Å². The Morgan fingerprint density at radius 2 is 0.714 bits per heavy atom. The molecule has 0 bridgehead atoms. The summed E-state index contributed by atoms with van der Waals surface area (Å²) in [6, 6.07) is 0. The SMILES string of the molecule is [LiH].[O]=[Mn]=[O].[O]=[Mn]=[O]. The van der Waals surface area contributed by atoms with Crippen LogP contribution in [0.3, 0.4) is 0 Å². The van der Waals surface area contributed by atoms with Gasteiger partial charge < -0.3 is 0 Å². The summed E-state index contributed by atoms with van der Waals surface area (Å²) in [4.78, 5) is 0. The minimum absolute atomic E-state index is 0. The van der Waals surface area contributed by atoms with E-state index in [0.29, 0.717) is 0 Å². The maximum absolute atomic E-state index is 8.41. The summed E-state index contributed by atoms with van der Waals surface area (Å²) in [7, 11) is 0. The van der Waals surface area contributed by atoms with Crippen molar-refractivity contribution in [2.45, 2.75) is 0 Å². The van der Waals surface area contributed by atoms with Gasteiger partial charge in [-0.25, -0.2) is 0 Å². The van der Waals surface area contributed by atoms with E-state index in [4.69, 9.17) is 15.3 Å². The van der Waals surface area contributed by atoms with Gasteiger partial charge in [-0.1, -0.05) is 0 Å². The van der Waals surface area contributed by atoms with Crippen LogP contribution >= 0.6 is 0 Å². The van der Waals surface area contributed by atoms with Crippen molar-refractivity contribution in [2.75, 3.05) is 0 Å². The van der Waals surface area contributed by atoms with E-state index in [9.17, 15) is 0 Å². The van der Waals surface area contributed by atoms with Gasteiger partial charge in [0.15, 0.2) is 0 Å². The second-order valence-corrected chi connectivity index (χ2v) is 0.519. The third-order valence-electron chi connectivity index (χ3n) is 0. The van der Waals surface area contributed by atoms with Crippen molar-refractivity contribution < 1.29 is 45.0 Å². The Morgan fingerprint density at radius 3 is 0.714 bits per heavy atom. The van der Waals surface area contributed by atoms with Crippen LogP contribution in [0.4, 0.5) is 0 Å². The first kappa shape index (κ1) is 15.7. The van der Waals surface area contributed by atoms with Gasteiger partial charge in [0.2, 0.25) is 0 Å². The second-order valence-electron chi connectivity index (χ2n) is 0.126. The molecule has 0 rings (SSSR count). The van der Waals surface area contributed by atoms with Crippen LogP contribution in [0.1, 0.15) is 0 Å². The third-order valence-corrected chi connectivity index (χ3v) is 0. The molecule has 7 heteroatoms. The summed E-state index contributed by atoms with van der Waals surface area (Å²) in [5, 5.41) is 0. The van der Waals surface area contributed by atoms with Gasteiger partial charge in [-0.05, 0) is 0 Å². The van der Waals surface area contributed by atoms with Crippen LogP contribution in [0.25, 0.3) is 0 Å². The standard InChI is InChI=1S/Li.2Mn.4O.H. The molecule has 0 aromatic rings. The Hall–Kier alpha value is 0.836. The first-order valence-corrected chi connectivity index (χ1v) is 2.54. The zero-order chi connectivity index (χ0) is 5.41. The van der Waals surface area contributed by atoms with Crippen LogP contribution < -0.4 is 0 Å². The Morgan fingerprint density at radius 1 is 0.714 bits per heavy atom. The van der Waals surface area contributed by atoms with E-state index in [1.54, 1.807) is 0 Å². The minimum atomic E-state index is -1.44. The average molecular weight is 182 g/mol. The van der Waals surface area contributed by atoms with E-state index in [1.807, 2.05) is 0 Å². The molecule has 0 atom stereocenters. The summed E-state index contributed by atoms with van der Waals surface area (Å²) >= 11 is -2.88. The normalized spacial score (nSPS) is 3.43. The van der Waals surface area contributed by atoms with Crippen molar-refractivity contribution in [1.29, 1.82) is 0 Å². The molecule has 0 aliphatic carbocycles. The van der Waals surface area contributed by atoms with Gasteiger partial charge in [-0.15, -0.1) is 0 Å². The number of hydrogen-bond acceptors (Lipinski definition) is 4. The summed E-state index contributed by atoms with van der Waals surface area (Å²) < 4.78 is 33.6. The molecular formula is HLiMn2O4. The van der Waals surface area contributed by atoms with Gasteiger partial charge in [0.05, 0.1) is 0 Å². The molecule has 0 aliphatic heterocycles. The van der Waals surface area contributed by atoms with Crippen molar-refractivity contribution in [3.05, 3.63) is 0 Å². The maximum atomic E-state index is 8.41. The zero-order valence-corrected chi connectivity index (χ0v) is 4.75. The van der Waals surface area contributed by atoms with Gasteiger partial charge >= 0.3 is 63.8 Å². The van der Waals surface area contributed by atoms with Crippen molar-refractivity contribution in [1.82, 2.24) is 0 Å². The summed E-state index contributed by atoms with van der Waals surface area (Å²) in [5.41, 5.74) is 0. The Labute approximate surface area is 63.7 Å². The summed E-state index contributed by atoms with van der Waals surface area (Å²) in [6.45, 7) is 0. The van der Waals surface area contributed by atoms with Crippen LogP contribution in [0.15, 0.2) is 0 Å². The molecule has 0 saturated carbocycles. The van der Waals surface area contributed by atoms with Crippen molar-refractivity contribution >= 4 is 18.9 Å². The van der Waals surface area contributed by atoms with Crippen molar-refractivity contribution in [2.24, 2.45) is 0 Å². The molecule has 7 heavy (non-hydrogen) atoms. The van der Waals surface area contributed by atoms with Crippen LogP contribution in [-0.2, 0) is 45.0 Å². The van der Waals surface area contributed by atoms with E-state index in [0.717, 1.165) is 0 Å². The predicted molar refractivity (Wildman–Crippen MR) is 9.89 cm³/mol. The van der Waals surface area contributed by atoms with Gasteiger partial charge in [0.25, 0.3) is 0 Å². The Kier molecular flexibility index (Phi) is 64.7. The quantitative estimate of drug-likeness (QED) is 0.444. The molecule has 0 spiro atoms. The molecule has 0 heterocycles. The first-order valence-electron chi connectivity index (χ1n) is 0.617. The second kappa shape index (κ2) is 28.9. The fourth-order valence-corrected chi connectivity index (χ4v) is 0. The molecule has 0 amide bonds. The molecule has 0 N–H and O–H groups in total. The van der Waals surface area contributed by atoms with E-state index in [1.165, 1.54) is 0 Å². The summed E-state index contributed by atoms with van der Waals surface area (Å²) in [6.07, 6.45) is 0. The van der Waals surface area contributed by atoms with E-state index in [2.05, 4.69) is 0 Å². The number of rotatable bonds is 0. The van der Waals surface area contributed by atoms with E-state index in [-0.39, 0.29) is 18.9 Å². The van der Waals surface area contributed by atoms with Gasteiger partial charge in [-0.3, -0.25) is 0 Å². The molecule has 0 unspecified atom stereocenters. The average Bonchev–Trinajstić information content (AvgIpc) is 1.39. The Balaban J connectivity index is -0.0000000400. The zero-order valence-electron chi connectivity index (χ0n) is 2.39. The van der Waals surface area contributed by atoms with Crippen LogP contribution in [0, 0.1) is 0 Å².